The van der Waals surface area contributed by atoms with Crippen LogP contribution in [0.5, 0.6) is 5.75 Å². The minimum Gasteiger partial charge on any atom is -0.486 e. The molecule has 1 amide bonds. The molecule has 2 heterocycles. The van der Waals surface area contributed by atoms with E-state index in [9.17, 15) is 22.7 Å². The van der Waals surface area contributed by atoms with E-state index >= 15 is 0 Å². The van der Waals surface area contributed by atoms with Crippen molar-refractivity contribution in [3.05, 3.63) is 54.3 Å². The number of hydrogen-bond acceptors (Lipinski definition) is 7. The summed E-state index contributed by atoms with van der Waals surface area (Å²) in [4.78, 5) is 14.9. The molecular weight excluding hydrogens is 513 g/mol. The third-order valence-corrected chi connectivity index (χ3v) is 8.73. The van der Waals surface area contributed by atoms with Crippen molar-refractivity contribution in [2.24, 2.45) is 5.92 Å². The average molecular weight is 550 g/mol. The molecule has 208 valence electrons. The Morgan fingerprint density at radius 1 is 1.18 bits per heavy atom. The van der Waals surface area contributed by atoms with Crippen LogP contribution in [0.1, 0.15) is 26.7 Å². The van der Waals surface area contributed by atoms with Crippen LogP contribution in [0.25, 0.3) is 0 Å². The first-order valence-electron chi connectivity index (χ1n) is 12.9. The number of carbonyl (C=O) groups is 1. The van der Waals surface area contributed by atoms with Crippen LogP contribution in [0.2, 0.25) is 0 Å². The first-order chi connectivity index (χ1) is 18.0. The first kappa shape index (κ1) is 28.4. The number of carbonyl (C=O) groups excluding carboxylic acids is 1. The zero-order valence-electron chi connectivity index (χ0n) is 21.8. The van der Waals surface area contributed by atoms with E-state index in [0.29, 0.717) is 50.6 Å². The minimum atomic E-state index is -3.69. The molecule has 2 aliphatic rings. The molecule has 0 unspecified atom stereocenters. The summed E-state index contributed by atoms with van der Waals surface area (Å²) in [5.74, 6) is -0.00217. The highest BCUT2D eigenvalue weighted by molar-refractivity contribution is 7.89. The van der Waals surface area contributed by atoms with Gasteiger partial charge in [-0.3, -0.25) is 9.69 Å². The lowest BCUT2D eigenvalue weighted by Crippen LogP contribution is -2.59. The third kappa shape index (κ3) is 7.09. The summed E-state index contributed by atoms with van der Waals surface area (Å²) < 4.78 is 52.0. The molecule has 0 spiro atoms. The molecular formula is C27H36FN3O6S. The van der Waals surface area contributed by atoms with Crippen LogP contribution in [0.4, 0.5) is 10.1 Å². The Bertz CT molecular complexity index is 1200. The van der Waals surface area contributed by atoms with E-state index < -0.39 is 21.7 Å². The van der Waals surface area contributed by atoms with Gasteiger partial charge in [-0.15, -0.1) is 0 Å². The topological polar surface area (TPSA) is 108 Å². The van der Waals surface area contributed by atoms with Gasteiger partial charge < -0.3 is 19.9 Å². The van der Waals surface area contributed by atoms with Crippen LogP contribution in [0.3, 0.4) is 0 Å². The normalized spacial score (nSPS) is 23.3. The third-order valence-electron chi connectivity index (χ3n) is 6.83. The maximum absolute atomic E-state index is 13.4. The fraction of sp³-hybridized carbons (Fsp3) is 0.519. The quantitative estimate of drug-likeness (QED) is 0.495. The number of rotatable bonds is 9. The molecule has 0 aromatic heterocycles. The molecule has 0 aliphatic carbocycles. The van der Waals surface area contributed by atoms with Crippen LogP contribution in [0.15, 0.2) is 53.4 Å². The summed E-state index contributed by atoms with van der Waals surface area (Å²) in [5.41, 5.74) is -0.700. The van der Waals surface area contributed by atoms with Crippen molar-refractivity contribution in [1.29, 1.82) is 0 Å². The lowest BCUT2D eigenvalue weighted by molar-refractivity contribution is -0.129. The van der Waals surface area contributed by atoms with Gasteiger partial charge in [0.15, 0.2) is 0 Å². The Hall–Kier alpha value is -2.57. The molecule has 2 fully saturated rings. The van der Waals surface area contributed by atoms with Crippen molar-refractivity contribution < 1.29 is 32.2 Å². The standard InChI is InChI=1S/C27H36FN3O6S/c1-20(2)17-27(33)10-11-30(18-25(27)37-23-8-6-21(28)7-9-23)19-26(32)29-22-4-3-5-24(16-22)38(34,35)31-12-14-36-15-13-31/h3-9,16,20,25,33H,10-15,17-19H2,1-2H3,(H,29,32)/t25-,27+/m0/s1. The van der Waals surface area contributed by atoms with Gasteiger partial charge in [-0.2, -0.15) is 4.31 Å². The minimum absolute atomic E-state index is 0.0431. The number of sulfonamides is 1. The zero-order valence-corrected chi connectivity index (χ0v) is 22.6. The summed E-state index contributed by atoms with van der Waals surface area (Å²) in [6, 6.07) is 11.9. The van der Waals surface area contributed by atoms with Gasteiger partial charge >= 0.3 is 0 Å². The number of likely N-dealkylation sites (tertiary alicyclic amines) is 1. The molecule has 9 nitrogen and oxygen atoms in total. The second-order valence-corrected chi connectivity index (χ2v) is 12.3. The van der Waals surface area contributed by atoms with Crippen molar-refractivity contribution in [3.63, 3.8) is 0 Å². The summed E-state index contributed by atoms with van der Waals surface area (Å²) in [6.07, 6.45) is 0.333. The van der Waals surface area contributed by atoms with Crippen molar-refractivity contribution in [3.8, 4) is 5.75 Å². The number of nitrogens with zero attached hydrogens (tertiary/aromatic N) is 2. The lowest BCUT2D eigenvalue weighted by Gasteiger charge is -2.45. The number of morpholine rings is 1. The zero-order chi connectivity index (χ0) is 27.3. The summed E-state index contributed by atoms with van der Waals surface area (Å²) in [7, 11) is -3.69. The van der Waals surface area contributed by atoms with E-state index in [-0.39, 0.29) is 42.2 Å². The summed E-state index contributed by atoms with van der Waals surface area (Å²) >= 11 is 0. The van der Waals surface area contributed by atoms with Crippen molar-refractivity contribution in [1.82, 2.24) is 9.21 Å². The first-order valence-corrected chi connectivity index (χ1v) is 14.3. The maximum Gasteiger partial charge on any atom is 0.243 e. The number of nitrogens with one attached hydrogen (secondary N) is 1. The molecule has 2 aliphatic heterocycles. The number of anilines is 1. The van der Waals surface area contributed by atoms with Crippen LogP contribution < -0.4 is 10.1 Å². The Labute approximate surface area is 223 Å². The highest BCUT2D eigenvalue weighted by Gasteiger charge is 2.44. The average Bonchev–Trinajstić information content (AvgIpc) is 2.88. The molecule has 2 N–H and O–H groups in total. The van der Waals surface area contributed by atoms with E-state index in [1.807, 2.05) is 18.7 Å². The van der Waals surface area contributed by atoms with E-state index in [4.69, 9.17) is 9.47 Å². The van der Waals surface area contributed by atoms with Crippen molar-refractivity contribution >= 4 is 21.6 Å². The summed E-state index contributed by atoms with van der Waals surface area (Å²) in [6.45, 7) is 6.18. The Morgan fingerprint density at radius 3 is 2.58 bits per heavy atom. The lowest BCUT2D eigenvalue weighted by atomic mass is 9.81. The van der Waals surface area contributed by atoms with E-state index in [1.54, 1.807) is 12.1 Å². The van der Waals surface area contributed by atoms with Gasteiger partial charge in [-0.25, -0.2) is 12.8 Å². The van der Waals surface area contributed by atoms with E-state index in [1.165, 1.54) is 40.7 Å². The van der Waals surface area contributed by atoms with Crippen molar-refractivity contribution in [2.75, 3.05) is 51.3 Å². The number of halogens is 1. The van der Waals surface area contributed by atoms with Crippen LogP contribution >= 0.6 is 0 Å². The Kier molecular flexibility index (Phi) is 9.04. The van der Waals surface area contributed by atoms with E-state index in [2.05, 4.69) is 5.32 Å². The molecule has 4 rings (SSSR count). The fourth-order valence-corrected chi connectivity index (χ4v) is 6.45. The van der Waals surface area contributed by atoms with Gasteiger partial charge in [0.1, 0.15) is 23.3 Å². The van der Waals surface area contributed by atoms with Crippen LogP contribution in [-0.4, -0.2) is 86.3 Å². The highest BCUT2D eigenvalue weighted by Crippen LogP contribution is 2.32. The number of ether oxygens (including phenoxy) is 2. The van der Waals surface area contributed by atoms with Gasteiger partial charge in [0, 0.05) is 31.9 Å². The van der Waals surface area contributed by atoms with E-state index in [0.717, 1.165) is 0 Å². The predicted octanol–water partition coefficient (Wildman–Crippen LogP) is 2.72. The van der Waals surface area contributed by atoms with Gasteiger partial charge in [-0.1, -0.05) is 19.9 Å². The number of aliphatic hydroxyl groups is 1. The smallest absolute Gasteiger partial charge is 0.243 e. The van der Waals surface area contributed by atoms with Gasteiger partial charge in [-0.05, 0) is 61.2 Å². The molecule has 2 aromatic rings. The Morgan fingerprint density at radius 2 is 1.89 bits per heavy atom. The SMILES string of the molecule is CC(C)C[C@]1(O)CCN(CC(=O)Nc2cccc(S(=O)(=O)N3CCOCC3)c2)C[C@@H]1Oc1ccc(F)cc1. The van der Waals surface area contributed by atoms with Crippen molar-refractivity contribution in [2.45, 2.75) is 43.3 Å². The molecule has 2 saturated heterocycles. The Balaban J connectivity index is 1.41. The number of benzene rings is 2. The second-order valence-electron chi connectivity index (χ2n) is 10.3. The maximum atomic E-state index is 13.4. The molecule has 0 bridgehead atoms. The molecule has 0 saturated carbocycles. The molecule has 11 heteroatoms. The molecule has 38 heavy (non-hydrogen) atoms. The number of amides is 1. The highest BCUT2D eigenvalue weighted by atomic mass is 32.2. The monoisotopic (exact) mass is 549 g/mol. The largest absolute Gasteiger partial charge is 0.486 e. The second kappa shape index (κ2) is 12.1. The van der Waals surface area contributed by atoms with Gasteiger partial charge in [0.05, 0.1) is 24.7 Å². The van der Waals surface area contributed by atoms with Gasteiger partial charge in [0.25, 0.3) is 0 Å². The van der Waals surface area contributed by atoms with Crippen LogP contribution in [-0.2, 0) is 19.6 Å². The molecule has 2 atom stereocenters. The predicted molar refractivity (Wildman–Crippen MR) is 141 cm³/mol. The molecule has 0 radical (unpaired) electrons. The molecule has 2 aromatic carbocycles. The number of piperidine rings is 1. The van der Waals surface area contributed by atoms with Crippen LogP contribution in [0, 0.1) is 11.7 Å². The fourth-order valence-electron chi connectivity index (χ4n) is 4.99. The summed E-state index contributed by atoms with van der Waals surface area (Å²) in [5, 5.41) is 14.2. The number of hydrogen-bond donors (Lipinski definition) is 2. The van der Waals surface area contributed by atoms with Gasteiger partial charge in [0.2, 0.25) is 15.9 Å².